The van der Waals surface area contributed by atoms with E-state index < -0.39 is 103 Å². The summed E-state index contributed by atoms with van der Waals surface area (Å²) in [5.41, 5.74) is -1.07. The van der Waals surface area contributed by atoms with Gasteiger partial charge >= 0.3 is 0 Å². The zero-order valence-electron chi connectivity index (χ0n) is 34.2. The van der Waals surface area contributed by atoms with E-state index in [9.17, 15) is 46.0 Å². The minimum Gasteiger partial charge on any atom is -0.394 e. The molecule has 6 aliphatic rings. The molecule has 0 amide bonds. The molecular formula is C42H72O13. The lowest BCUT2D eigenvalue weighted by Gasteiger charge is -2.68. The molecule has 13 heteroatoms. The van der Waals surface area contributed by atoms with Crippen LogP contribution in [0.15, 0.2) is 11.6 Å². The Morgan fingerprint density at radius 1 is 0.818 bits per heavy atom. The number of aliphatic hydroxyl groups excluding tert-OH is 8. The van der Waals surface area contributed by atoms with Gasteiger partial charge in [-0.25, -0.2) is 0 Å². The van der Waals surface area contributed by atoms with E-state index in [0.717, 1.165) is 25.7 Å². The second kappa shape index (κ2) is 16.0. The second-order valence-electron chi connectivity index (χ2n) is 19.8. The van der Waals surface area contributed by atoms with Gasteiger partial charge in [-0.3, -0.25) is 0 Å². The van der Waals surface area contributed by atoms with Crippen molar-refractivity contribution in [1.82, 2.24) is 0 Å². The Hall–Kier alpha value is -0.780. The van der Waals surface area contributed by atoms with Crippen molar-refractivity contribution in [3.63, 3.8) is 0 Å². The van der Waals surface area contributed by atoms with Crippen molar-refractivity contribution in [2.24, 2.45) is 45.8 Å². The third-order valence-corrected chi connectivity index (χ3v) is 16.2. The number of ether oxygens (including phenoxy) is 4. The highest BCUT2D eigenvalue weighted by molar-refractivity contribution is 5.18. The van der Waals surface area contributed by atoms with Crippen LogP contribution >= 0.6 is 0 Å². The Balaban J connectivity index is 1.34. The summed E-state index contributed by atoms with van der Waals surface area (Å²) in [6, 6.07) is 0. The van der Waals surface area contributed by atoms with Crippen LogP contribution in [-0.4, -0.2) is 138 Å². The van der Waals surface area contributed by atoms with Crippen molar-refractivity contribution < 1.29 is 64.9 Å². The van der Waals surface area contributed by atoms with Crippen molar-refractivity contribution in [2.45, 2.75) is 199 Å². The maximum atomic E-state index is 12.2. The van der Waals surface area contributed by atoms with Crippen molar-refractivity contribution >= 4 is 0 Å². The van der Waals surface area contributed by atoms with Gasteiger partial charge in [0.05, 0.1) is 36.6 Å². The summed E-state index contributed by atoms with van der Waals surface area (Å²) < 4.78 is 25.0. The molecular weight excluding hydrogens is 712 g/mol. The van der Waals surface area contributed by atoms with Crippen LogP contribution < -0.4 is 0 Å². The van der Waals surface area contributed by atoms with Gasteiger partial charge in [-0.05, 0) is 124 Å². The second-order valence-corrected chi connectivity index (χ2v) is 19.8. The molecule has 9 N–H and O–H groups in total. The molecule has 0 bridgehead atoms. The zero-order chi connectivity index (χ0) is 40.6. The van der Waals surface area contributed by atoms with Crippen LogP contribution in [0.3, 0.4) is 0 Å². The van der Waals surface area contributed by atoms with Crippen LogP contribution in [0.2, 0.25) is 0 Å². The van der Waals surface area contributed by atoms with Gasteiger partial charge in [0.15, 0.2) is 12.6 Å². The normalized spacial score (nSPS) is 52.5. The summed E-state index contributed by atoms with van der Waals surface area (Å²) in [6.45, 7) is 15.7. The van der Waals surface area contributed by atoms with Gasteiger partial charge < -0.3 is 64.9 Å². The average molecular weight is 785 g/mol. The van der Waals surface area contributed by atoms with E-state index in [2.05, 4.69) is 33.8 Å². The van der Waals surface area contributed by atoms with Gasteiger partial charge in [-0.2, -0.15) is 0 Å². The highest BCUT2D eigenvalue weighted by atomic mass is 16.8. The van der Waals surface area contributed by atoms with Crippen LogP contribution in [0.4, 0.5) is 0 Å². The standard InChI is InChI=1S/C42H72O13/c1-9-20(2)11-10-14-42(8,51)22-12-15-40(6)24-18-26(36-39(4,5)28(45)13-16-41(36,7)23(24)17-25(44)29(22)40)53-38-35(33(49)31(47)27(19-43)54-38)55-37-34(50)32(48)30(46)21(3)52-37/h11,21-38,43-51H,9-10,12-19H2,1-8H3/b20-11+/t21-,22-,23-,24+,25-,26+,27+,28+,29-,30-,31+,32+,33-,34+,35+,36+,37-,38+,40+,41+,42-/m0/s1. The number of allylic oxidation sites excluding steroid dienone is 2. The van der Waals surface area contributed by atoms with Gasteiger partial charge in [0, 0.05) is 0 Å². The minimum absolute atomic E-state index is 0.0642. The smallest absolute Gasteiger partial charge is 0.187 e. The predicted molar refractivity (Wildman–Crippen MR) is 201 cm³/mol. The number of fused-ring (bicyclic) bond motifs is 5. The summed E-state index contributed by atoms with van der Waals surface area (Å²) in [5, 5.41) is 100. The molecule has 13 nitrogen and oxygen atoms in total. The Kier molecular flexibility index (Phi) is 12.7. The molecule has 0 aromatic rings. The zero-order valence-corrected chi connectivity index (χ0v) is 34.2. The maximum absolute atomic E-state index is 12.2. The SMILES string of the molecule is CC/C(C)=C/CC[C@](C)(O)[C@H]1CC[C@@]2(C)[C@@H]1[C@@H](O)C[C@H]1[C@H]2C[C@@H](O[C@@H]2O[C@H](CO)[C@@H](O)[C@H](O)[C@H]2O[C@@H]2O[C@@H](C)[C@H](O)[C@@H](O)[C@H]2O)[C@@H]2C(C)(C)[C@H](O)CC[C@@]21C. The van der Waals surface area contributed by atoms with Gasteiger partial charge in [0.1, 0.15) is 42.7 Å². The van der Waals surface area contributed by atoms with E-state index in [-0.39, 0.29) is 35.0 Å². The molecule has 2 saturated heterocycles. The fourth-order valence-electron chi connectivity index (χ4n) is 12.9. The molecule has 0 aromatic carbocycles. The Morgan fingerprint density at radius 3 is 2.13 bits per heavy atom. The van der Waals surface area contributed by atoms with Gasteiger partial charge in [0.2, 0.25) is 0 Å². The molecule has 6 fully saturated rings. The molecule has 0 radical (unpaired) electrons. The summed E-state index contributed by atoms with van der Waals surface area (Å²) in [7, 11) is 0. The Bertz CT molecular complexity index is 1360. The lowest BCUT2D eigenvalue weighted by atomic mass is 9.39. The van der Waals surface area contributed by atoms with E-state index in [0.29, 0.717) is 32.1 Å². The summed E-state index contributed by atoms with van der Waals surface area (Å²) in [4.78, 5) is 0. The van der Waals surface area contributed by atoms with E-state index in [4.69, 9.17) is 18.9 Å². The molecule has 21 atom stereocenters. The minimum atomic E-state index is -1.69. The average Bonchev–Trinajstić information content (AvgIpc) is 3.51. The number of hydrogen-bond donors (Lipinski definition) is 9. The van der Waals surface area contributed by atoms with E-state index in [1.54, 1.807) is 0 Å². The lowest BCUT2D eigenvalue weighted by Crippen LogP contribution is -2.68. The first-order valence-electron chi connectivity index (χ1n) is 21.0. The van der Waals surface area contributed by atoms with Crippen LogP contribution in [0.5, 0.6) is 0 Å². The lowest BCUT2D eigenvalue weighted by molar-refractivity contribution is -0.379. The van der Waals surface area contributed by atoms with Crippen molar-refractivity contribution in [1.29, 1.82) is 0 Å². The highest BCUT2D eigenvalue weighted by Gasteiger charge is 2.69. The van der Waals surface area contributed by atoms with Crippen molar-refractivity contribution in [2.75, 3.05) is 6.61 Å². The molecule has 2 heterocycles. The molecule has 0 unspecified atom stereocenters. The summed E-state index contributed by atoms with van der Waals surface area (Å²) >= 11 is 0. The summed E-state index contributed by atoms with van der Waals surface area (Å²) in [6.07, 6.45) is -7.68. The monoisotopic (exact) mass is 784 g/mol. The molecule has 4 aliphatic carbocycles. The first-order chi connectivity index (χ1) is 25.6. The fraction of sp³-hybridized carbons (Fsp3) is 0.952. The predicted octanol–water partition coefficient (Wildman–Crippen LogP) is 2.15. The van der Waals surface area contributed by atoms with E-state index in [1.165, 1.54) is 12.5 Å². The highest BCUT2D eigenvalue weighted by Crippen LogP contribution is 2.71. The van der Waals surface area contributed by atoms with Crippen LogP contribution in [0.1, 0.15) is 113 Å². The molecule has 318 valence electrons. The largest absolute Gasteiger partial charge is 0.394 e. The van der Waals surface area contributed by atoms with Crippen molar-refractivity contribution in [3.05, 3.63) is 11.6 Å². The molecule has 4 saturated carbocycles. The molecule has 0 aromatic heterocycles. The first kappa shape index (κ1) is 43.8. The van der Waals surface area contributed by atoms with E-state index in [1.807, 2.05) is 20.8 Å². The quantitative estimate of drug-likeness (QED) is 0.115. The molecule has 0 spiro atoms. The number of hydrogen-bond acceptors (Lipinski definition) is 13. The first-order valence-corrected chi connectivity index (χ1v) is 21.0. The van der Waals surface area contributed by atoms with Crippen molar-refractivity contribution in [3.8, 4) is 0 Å². The molecule has 6 rings (SSSR count). The van der Waals surface area contributed by atoms with Gasteiger partial charge in [0.25, 0.3) is 0 Å². The van der Waals surface area contributed by atoms with Gasteiger partial charge in [-0.1, -0.05) is 46.3 Å². The van der Waals surface area contributed by atoms with Crippen LogP contribution in [0.25, 0.3) is 0 Å². The number of aliphatic hydroxyl groups is 9. The van der Waals surface area contributed by atoms with Crippen LogP contribution in [-0.2, 0) is 18.9 Å². The number of rotatable bonds is 10. The topological polar surface area (TPSA) is 219 Å². The molecule has 55 heavy (non-hydrogen) atoms. The summed E-state index contributed by atoms with van der Waals surface area (Å²) in [5.74, 6) is -0.335. The van der Waals surface area contributed by atoms with Crippen LogP contribution in [0, 0.1) is 45.8 Å². The Labute approximate surface area is 327 Å². The van der Waals surface area contributed by atoms with E-state index >= 15 is 0 Å². The Morgan fingerprint density at radius 2 is 1.47 bits per heavy atom. The fourth-order valence-corrected chi connectivity index (χ4v) is 12.9. The van der Waals surface area contributed by atoms with Gasteiger partial charge in [-0.15, -0.1) is 0 Å². The maximum Gasteiger partial charge on any atom is 0.187 e. The molecule has 2 aliphatic heterocycles. The third-order valence-electron chi connectivity index (χ3n) is 16.2. The third kappa shape index (κ3) is 7.52.